The largest absolute Gasteiger partial charge is 0.388 e. The second-order valence-electron chi connectivity index (χ2n) is 2.54. The fourth-order valence-corrected chi connectivity index (χ4v) is 0.931. The highest BCUT2D eigenvalue weighted by molar-refractivity contribution is 4.89. The predicted molar refractivity (Wildman–Crippen MR) is 34.3 cm³/mol. The molecule has 0 aromatic carbocycles. The standard InChI is InChI=1S/C6H11O5/c1-2-3(7)4(8)5(9)6(10)11-2/h2-10H,1H2/t2-,3+,4+,5-,6+/m1/s1. The molecule has 0 aliphatic carbocycles. The molecule has 11 heavy (non-hydrogen) atoms. The zero-order valence-corrected chi connectivity index (χ0v) is 5.79. The highest BCUT2D eigenvalue weighted by Gasteiger charge is 2.40. The molecule has 0 unspecified atom stereocenters. The van der Waals surface area contributed by atoms with Gasteiger partial charge in [-0.25, -0.2) is 0 Å². The molecule has 4 N–H and O–H groups in total. The molecule has 5 atom stereocenters. The summed E-state index contributed by atoms with van der Waals surface area (Å²) in [7, 11) is 0. The van der Waals surface area contributed by atoms with Gasteiger partial charge in [0.15, 0.2) is 6.29 Å². The number of ether oxygens (including phenoxy) is 1. The Morgan fingerprint density at radius 1 is 0.909 bits per heavy atom. The van der Waals surface area contributed by atoms with Gasteiger partial charge in [0, 0.05) is 0 Å². The van der Waals surface area contributed by atoms with E-state index >= 15 is 0 Å². The van der Waals surface area contributed by atoms with Crippen molar-refractivity contribution in [2.45, 2.75) is 30.7 Å². The summed E-state index contributed by atoms with van der Waals surface area (Å²) in [5.41, 5.74) is 0. The van der Waals surface area contributed by atoms with Crippen LogP contribution in [0.3, 0.4) is 0 Å². The van der Waals surface area contributed by atoms with Crippen molar-refractivity contribution in [2.75, 3.05) is 0 Å². The molecule has 0 aromatic rings. The van der Waals surface area contributed by atoms with Crippen LogP contribution in [0.15, 0.2) is 0 Å². The van der Waals surface area contributed by atoms with E-state index in [-0.39, 0.29) is 0 Å². The minimum atomic E-state index is -1.48. The van der Waals surface area contributed by atoms with Crippen molar-refractivity contribution in [1.82, 2.24) is 0 Å². The molecule has 5 nitrogen and oxygen atoms in total. The molecule has 0 amide bonds. The van der Waals surface area contributed by atoms with Gasteiger partial charge in [-0.05, 0) is 6.92 Å². The molecule has 0 bridgehead atoms. The molecular formula is C6H11O5. The van der Waals surface area contributed by atoms with Gasteiger partial charge in [0.25, 0.3) is 0 Å². The maximum atomic E-state index is 9.03. The molecule has 0 spiro atoms. The van der Waals surface area contributed by atoms with Crippen molar-refractivity contribution in [2.24, 2.45) is 0 Å². The van der Waals surface area contributed by atoms with Gasteiger partial charge >= 0.3 is 0 Å². The van der Waals surface area contributed by atoms with E-state index in [0.717, 1.165) is 0 Å². The Morgan fingerprint density at radius 2 is 1.45 bits per heavy atom. The van der Waals surface area contributed by atoms with Crippen molar-refractivity contribution in [3.8, 4) is 0 Å². The van der Waals surface area contributed by atoms with Gasteiger partial charge in [-0.2, -0.15) is 0 Å². The highest BCUT2D eigenvalue weighted by Crippen LogP contribution is 2.18. The van der Waals surface area contributed by atoms with Crippen LogP contribution in [-0.4, -0.2) is 51.1 Å². The third-order valence-electron chi connectivity index (χ3n) is 1.69. The predicted octanol–water partition coefficient (Wildman–Crippen LogP) is -2.38. The van der Waals surface area contributed by atoms with Crippen molar-refractivity contribution < 1.29 is 25.2 Å². The van der Waals surface area contributed by atoms with E-state index < -0.39 is 30.7 Å². The van der Waals surface area contributed by atoms with Crippen molar-refractivity contribution in [1.29, 1.82) is 0 Å². The van der Waals surface area contributed by atoms with Crippen LogP contribution in [0.1, 0.15) is 0 Å². The average Bonchev–Trinajstić information content (AvgIpc) is 1.97. The van der Waals surface area contributed by atoms with Gasteiger partial charge in [0.1, 0.15) is 18.3 Å². The van der Waals surface area contributed by atoms with Gasteiger partial charge in [-0.15, -0.1) is 0 Å². The lowest BCUT2D eigenvalue weighted by Gasteiger charge is -2.36. The Labute approximate surface area is 63.8 Å². The molecule has 1 aliphatic rings. The lowest BCUT2D eigenvalue weighted by Crippen LogP contribution is -2.56. The lowest BCUT2D eigenvalue weighted by molar-refractivity contribution is -0.271. The fraction of sp³-hybridized carbons (Fsp3) is 0.833. The van der Waals surface area contributed by atoms with Crippen molar-refractivity contribution >= 4 is 0 Å². The third kappa shape index (κ3) is 1.52. The molecule has 0 aromatic heterocycles. The van der Waals surface area contributed by atoms with Gasteiger partial charge in [0.05, 0.1) is 6.10 Å². The molecule has 1 rings (SSSR count). The van der Waals surface area contributed by atoms with E-state index in [4.69, 9.17) is 20.4 Å². The summed E-state index contributed by atoms with van der Waals surface area (Å²) in [5, 5.41) is 35.8. The zero-order chi connectivity index (χ0) is 8.59. The second-order valence-corrected chi connectivity index (χ2v) is 2.54. The van der Waals surface area contributed by atoms with E-state index in [1.54, 1.807) is 0 Å². The van der Waals surface area contributed by atoms with Gasteiger partial charge in [0.2, 0.25) is 0 Å². The molecule has 1 heterocycles. The van der Waals surface area contributed by atoms with E-state index in [9.17, 15) is 0 Å². The summed E-state index contributed by atoms with van der Waals surface area (Å²) in [6.07, 6.45) is -6.52. The van der Waals surface area contributed by atoms with Crippen LogP contribution in [0.5, 0.6) is 0 Å². The van der Waals surface area contributed by atoms with Crippen LogP contribution >= 0.6 is 0 Å². The van der Waals surface area contributed by atoms with Crippen LogP contribution < -0.4 is 0 Å². The average molecular weight is 163 g/mol. The Balaban J connectivity index is 2.63. The third-order valence-corrected chi connectivity index (χ3v) is 1.69. The molecule has 1 radical (unpaired) electrons. The quantitative estimate of drug-likeness (QED) is 0.320. The maximum absolute atomic E-state index is 9.03. The smallest absolute Gasteiger partial charge is 0.183 e. The number of hydrogen-bond acceptors (Lipinski definition) is 5. The number of aliphatic hydroxyl groups is 4. The summed E-state index contributed by atoms with van der Waals surface area (Å²) in [6.45, 7) is 3.31. The topological polar surface area (TPSA) is 90.2 Å². The van der Waals surface area contributed by atoms with Gasteiger partial charge < -0.3 is 25.2 Å². The van der Waals surface area contributed by atoms with Crippen LogP contribution in [-0.2, 0) is 4.74 Å². The van der Waals surface area contributed by atoms with E-state index in [1.807, 2.05) is 0 Å². The SMILES string of the molecule is [CH2][C@H]1O[C@H](O)[C@H](O)[C@@H](O)[C@H]1O. The number of rotatable bonds is 0. The van der Waals surface area contributed by atoms with E-state index in [1.165, 1.54) is 0 Å². The summed E-state index contributed by atoms with van der Waals surface area (Å²) in [6, 6.07) is 0. The Morgan fingerprint density at radius 3 is 2.00 bits per heavy atom. The van der Waals surface area contributed by atoms with Crippen LogP contribution in [0.2, 0.25) is 0 Å². The first-order chi connectivity index (χ1) is 5.04. The van der Waals surface area contributed by atoms with Gasteiger partial charge in [-0.1, -0.05) is 0 Å². The van der Waals surface area contributed by atoms with Gasteiger partial charge in [-0.3, -0.25) is 0 Å². The highest BCUT2D eigenvalue weighted by atomic mass is 16.6. The Kier molecular flexibility index (Phi) is 2.46. The second kappa shape index (κ2) is 3.04. The first-order valence-electron chi connectivity index (χ1n) is 3.25. The zero-order valence-electron chi connectivity index (χ0n) is 5.79. The van der Waals surface area contributed by atoms with Crippen LogP contribution in [0.4, 0.5) is 0 Å². The minimum Gasteiger partial charge on any atom is -0.388 e. The summed E-state index contributed by atoms with van der Waals surface area (Å²) in [5.74, 6) is 0. The Bertz CT molecular complexity index is 125. The molecular weight excluding hydrogens is 152 g/mol. The molecule has 0 saturated carbocycles. The number of aliphatic hydroxyl groups excluding tert-OH is 4. The fourth-order valence-electron chi connectivity index (χ4n) is 0.931. The molecule has 1 aliphatic heterocycles. The van der Waals surface area contributed by atoms with Crippen molar-refractivity contribution in [3.63, 3.8) is 0 Å². The molecule has 5 heteroatoms. The summed E-state index contributed by atoms with van der Waals surface area (Å²) in [4.78, 5) is 0. The summed E-state index contributed by atoms with van der Waals surface area (Å²) < 4.78 is 4.57. The van der Waals surface area contributed by atoms with E-state index in [0.29, 0.717) is 0 Å². The van der Waals surface area contributed by atoms with E-state index in [2.05, 4.69) is 11.7 Å². The monoisotopic (exact) mass is 163 g/mol. The lowest BCUT2D eigenvalue weighted by atomic mass is 10.0. The first kappa shape index (κ1) is 8.89. The maximum Gasteiger partial charge on any atom is 0.183 e. The first-order valence-corrected chi connectivity index (χ1v) is 3.25. The minimum absolute atomic E-state index is 0.914. The molecule has 65 valence electrons. The Hall–Kier alpha value is -0.200. The molecule has 1 fully saturated rings. The summed E-state index contributed by atoms with van der Waals surface area (Å²) >= 11 is 0. The normalized spacial score (nSPS) is 52.6. The van der Waals surface area contributed by atoms with Crippen LogP contribution in [0, 0.1) is 6.92 Å². The number of hydrogen-bond donors (Lipinski definition) is 4. The van der Waals surface area contributed by atoms with Crippen molar-refractivity contribution in [3.05, 3.63) is 6.92 Å². The van der Waals surface area contributed by atoms with Crippen LogP contribution in [0.25, 0.3) is 0 Å². The molecule has 1 saturated heterocycles.